The second kappa shape index (κ2) is 12.1. The van der Waals surface area contributed by atoms with Crippen LogP contribution >= 0.6 is 0 Å². The molecule has 0 radical (unpaired) electrons. The van der Waals surface area contributed by atoms with Crippen molar-refractivity contribution in [2.45, 2.75) is 83.8 Å². The third-order valence-corrected chi connectivity index (χ3v) is 9.93. The van der Waals surface area contributed by atoms with Gasteiger partial charge < -0.3 is 18.9 Å². The monoisotopic (exact) mass is 536 g/mol. The Kier molecular flexibility index (Phi) is 9.12. The van der Waals surface area contributed by atoms with Crippen LogP contribution in [0.25, 0.3) is 0 Å². The molecule has 4 rings (SSSR count). The number of carbonyl (C=O) groups is 1. The Labute approximate surface area is 229 Å². The summed E-state index contributed by atoms with van der Waals surface area (Å²) in [5.41, 5.74) is 3.85. The first-order valence-corrected chi connectivity index (χ1v) is 17.8. The van der Waals surface area contributed by atoms with Crippen LogP contribution in [0.15, 0.2) is 24.4 Å². The summed E-state index contributed by atoms with van der Waals surface area (Å²) in [4.78, 5) is 20.4. The number of hydrogen-bond donors (Lipinski definition) is 0. The zero-order valence-corrected chi connectivity index (χ0v) is 24.9. The number of benzene rings is 1. The van der Waals surface area contributed by atoms with E-state index in [1.807, 2.05) is 0 Å². The van der Waals surface area contributed by atoms with E-state index in [2.05, 4.69) is 67.6 Å². The summed E-state index contributed by atoms with van der Waals surface area (Å²) in [6.45, 7) is 16.0. The fourth-order valence-corrected chi connectivity index (χ4v) is 6.08. The van der Waals surface area contributed by atoms with Crippen molar-refractivity contribution in [3.8, 4) is 6.07 Å². The fraction of sp³-hybridized carbons (Fsp3) is 0.633. The highest BCUT2D eigenvalue weighted by atomic mass is 28.3. The van der Waals surface area contributed by atoms with Crippen LogP contribution in [0.4, 0.5) is 5.69 Å². The Morgan fingerprint density at radius 2 is 1.95 bits per heavy atom. The molecule has 0 bridgehead atoms. The molecule has 0 N–H and O–H groups in total. The molecule has 2 fully saturated rings. The van der Waals surface area contributed by atoms with E-state index in [4.69, 9.17) is 9.47 Å². The van der Waals surface area contributed by atoms with Gasteiger partial charge in [-0.1, -0.05) is 45.6 Å². The van der Waals surface area contributed by atoms with Crippen molar-refractivity contribution in [1.82, 2.24) is 9.55 Å². The van der Waals surface area contributed by atoms with Crippen LogP contribution in [0, 0.1) is 17.2 Å². The third-order valence-electron chi connectivity index (χ3n) is 8.22. The van der Waals surface area contributed by atoms with Gasteiger partial charge in [-0.2, -0.15) is 5.26 Å². The SMILES string of the molecule is CC1CCN(c2cc(C3(C)CCOCC3)ccc2CC(=O)c2nc(C#N)cn2COCC[Si](C)(C)C)CC1. The highest BCUT2D eigenvalue weighted by molar-refractivity contribution is 6.76. The van der Waals surface area contributed by atoms with Crippen LogP contribution < -0.4 is 4.90 Å². The Balaban J connectivity index is 1.57. The summed E-state index contributed by atoms with van der Waals surface area (Å²) in [5.74, 6) is 0.940. The maximum absolute atomic E-state index is 13.6. The minimum atomic E-state index is -1.21. The molecular formula is C30H44N4O3Si. The van der Waals surface area contributed by atoms with E-state index in [0.717, 1.165) is 69.5 Å². The smallest absolute Gasteiger partial charge is 0.202 e. The van der Waals surface area contributed by atoms with Gasteiger partial charge in [0.05, 0.1) is 0 Å². The molecule has 7 nitrogen and oxygen atoms in total. The summed E-state index contributed by atoms with van der Waals surface area (Å²) in [6.07, 6.45) is 6.21. The number of aromatic nitrogens is 2. The standard InChI is InChI=1S/C30H44N4O3Si/c1-23-8-12-33(13-9-23)27-19-25(30(2)10-14-36-15-11-30)7-6-24(27)18-28(35)29-32-26(20-31)21-34(29)22-37-16-17-38(3,4)5/h6-7,19,21,23H,8-18,22H2,1-5H3. The predicted molar refractivity (Wildman–Crippen MR) is 154 cm³/mol. The minimum Gasteiger partial charge on any atom is -0.381 e. The molecule has 3 heterocycles. The van der Waals surface area contributed by atoms with E-state index in [0.29, 0.717) is 12.4 Å². The third kappa shape index (κ3) is 7.13. The van der Waals surface area contributed by atoms with E-state index in [1.165, 1.54) is 11.3 Å². The number of ether oxygens (including phenoxy) is 2. The summed E-state index contributed by atoms with van der Waals surface area (Å²) >= 11 is 0. The largest absolute Gasteiger partial charge is 0.381 e. The molecule has 1 aromatic carbocycles. The van der Waals surface area contributed by atoms with Gasteiger partial charge >= 0.3 is 0 Å². The molecule has 2 saturated heterocycles. The molecule has 206 valence electrons. The topological polar surface area (TPSA) is 80.4 Å². The minimum absolute atomic E-state index is 0.0862. The van der Waals surface area contributed by atoms with Crippen molar-refractivity contribution in [2.75, 3.05) is 37.8 Å². The molecule has 0 atom stereocenters. The Hall–Kier alpha value is -2.47. The van der Waals surface area contributed by atoms with Crippen LogP contribution in [-0.4, -0.2) is 56.3 Å². The van der Waals surface area contributed by atoms with Crippen LogP contribution in [0.1, 0.15) is 67.0 Å². The number of piperidine rings is 1. The number of imidazole rings is 1. The zero-order valence-electron chi connectivity index (χ0n) is 23.9. The molecule has 2 aromatic rings. The molecule has 0 amide bonds. The van der Waals surface area contributed by atoms with Crippen molar-refractivity contribution in [3.63, 3.8) is 0 Å². The van der Waals surface area contributed by atoms with E-state index in [1.54, 1.807) is 10.8 Å². The number of anilines is 1. The Morgan fingerprint density at radius 3 is 2.61 bits per heavy atom. The number of ketones is 1. The van der Waals surface area contributed by atoms with Crippen molar-refractivity contribution in [2.24, 2.45) is 5.92 Å². The van der Waals surface area contributed by atoms with Gasteiger partial charge in [-0.05, 0) is 60.3 Å². The highest BCUT2D eigenvalue weighted by Crippen LogP contribution is 2.38. The number of hydrogen-bond acceptors (Lipinski definition) is 6. The molecule has 2 aliphatic rings. The lowest BCUT2D eigenvalue weighted by molar-refractivity contribution is 0.0564. The van der Waals surface area contributed by atoms with Gasteiger partial charge in [0.15, 0.2) is 11.5 Å². The normalized spacial score (nSPS) is 18.4. The predicted octanol–water partition coefficient (Wildman–Crippen LogP) is 5.80. The van der Waals surface area contributed by atoms with Gasteiger partial charge in [0, 0.05) is 59.3 Å². The average Bonchev–Trinajstić information content (AvgIpc) is 3.31. The summed E-state index contributed by atoms with van der Waals surface area (Å²) in [6, 6.07) is 9.81. The second-order valence-electron chi connectivity index (χ2n) is 12.7. The molecule has 8 heteroatoms. The molecule has 38 heavy (non-hydrogen) atoms. The van der Waals surface area contributed by atoms with Gasteiger partial charge in [-0.25, -0.2) is 4.98 Å². The average molecular weight is 537 g/mol. The summed E-state index contributed by atoms with van der Waals surface area (Å²) < 4.78 is 13.2. The van der Waals surface area contributed by atoms with E-state index < -0.39 is 8.07 Å². The second-order valence-corrected chi connectivity index (χ2v) is 18.3. The van der Waals surface area contributed by atoms with E-state index in [-0.39, 0.29) is 30.0 Å². The maximum Gasteiger partial charge on any atom is 0.202 e. The number of nitriles is 1. The number of nitrogens with zero attached hydrogens (tertiary/aromatic N) is 4. The van der Waals surface area contributed by atoms with Crippen LogP contribution in [0.5, 0.6) is 0 Å². The molecule has 0 saturated carbocycles. The van der Waals surface area contributed by atoms with Gasteiger partial charge in [0.2, 0.25) is 5.78 Å². The maximum atomic E-state index is 13.6. The molecule has 0 aliphatic carbocycles. The summed E-state index contributed by atoms with van der Waals surface area (Å²) in [7, 11) is -1.21. The fourth-order valence-electron chi connectivity index (χ4n) is 5.33. The number of carbonyl (C=O) groups excluding carboxylic acids is 1. The number of Topliss-reactive ketones (excluding diaryl/α,β-unsaturated/α-hetero) is 1. The lowest BCUT2D eigenvalue weighted by atomic mass is 9.75. The van der Waals surface area contributed by atoms with Gasteiger partial charge in [-0.15, -0.1) is 0 Å². The lowest BCUT2D eigenvalue weighted by Crippen LogP contribution is -2.35. The molecular weight excluding hydrogens is 492 g/mol. The van der Waals surface area contributed by atoms with Crippen molar-refractivity contribution in [1.29, 1.82) is 5.26 Å². The van der Waals surface area contributed by atoms with Crippen LogP contribution in [-0.2, 0) is 28.0 Å². The first-order chi connectivity index (χ1) is 18.1. The zero-order chi connectivity index (χ0) is 27.3. The van der Waals surface area contributed by atoms with Crippen molar-refractivity contribution in [3.05, 3.63) is 47.0 Å². The molecule has 2 aliphatic heterocycles. The Morgan fingerprint density at radius 1 is 1.24 bits per heavy atom. The van der Waals surface area contributed by atoms with Crippen molar-refractivity contribution >= 4 is 19.5 Å². The van der Waals surface area contributed by atoms with Gasteiger partial charge in [-0.3, -0.25) is 4.79 Å². The van der Waals surface area contributed by atoms with Gasteiger partial charge in [0.25, 0.3) is 0 Å². The molecule has 1 aromatic heterocycles. The van der Waals surface area contributed by atoms with E-state index in [9.17, 15) is 10.1 Å². The quantitative estimate of drug-likeness (QED) is 0.217. The molecule has 0 unspecified atom stereocenters. The molecule has 0 spiro atoms. The first kappa shape index (κ1) is 28.5. The van der Waals surface area contributed by atoms with Crippen LogP contribution in [0.2, 0.25) is 25.7 Å². The van der Waals surface area contributed by atoms with E-state index >= 15 is 0 Å². The summed E-state index contributed by atoms with van der Waals surface area (Å²) in [5, 5.41) is 9.45. The van der Waals surface area contributed by atoms with Crippen LogP contribution in [0.3, 0.4) is 0 Å². The lowest BCUT2D eigenvalue weighted by Gasteiger charge is -2.37. The number of rotatable bonds is 10. The first-order valence-electron chi connectivity index (χ1n) is 14.1. The Bertz CT molecular complexity index is 1150. The van der Waals surface area contributed by atoms with Crippen molar-refractivity contribution < 1.29 is 14.3 Å². The van der Waals surface area contributed by atoms with Gasteiger partial charge in [0.1, 0.15) is 12.8 Å². The highest BCUT2D eigenvalue weighted by Gasteiger charge is 2.31.